The number of rotatable bonds is 7. The lowest BCUT2D eigenvalue weighted by Gasteiger charge is -2.19. The molecule has 0 unspecified atom stereocenters. The Labute approximate surface area is 147 Å². The molecule has 0 bridgehead atoms. The molecular formula is C16H23FN2O5S. The molecule has 0 spiro atoms. The van der Waals surface area contributed by atoms with Crippen molar-refractivity contribution in [2.75, 3.05) is 27.2 Å². The topological polar surface area (TPSA) is 84.0 Å². The molecule has 0 aliphatic rings. The zero-order valence-corrected chi connectivity index (χ0v) is 15.8. The van der Waals surface area contributed by atoms with Crippen molar-refractivity contribution >= 4 is 21.9 Å². The van der Waals surface area contributed by atoms with E-state index in [0.717, 1.165) is 18.2 Å². The second-order valence-corrected chi connectivity index (χ2v) is 7.45. The number of amides is 1. The minimum Gasteiger partial charge on any atom is -0.449 e. The highest BCUT2D eigenvalue weighted by Gasteiger charge is 2.26. The Balaban J connectivity index is 3.18. The number of benzene rings is 1. The van der Waals surface area contributed by atoms with Gasteiger partial charge in [0.15, 0.2) is 6.10 Å². The third-order valence-corrected chi connectivity index (χ3v) is 5.62. The van der Waals surface area contributed by atoms with Crippen LogP contribution in [0.3, 0.4) is 0 Å². The van der Waals surface area contributed by atoms with Crippen LogP contribution in [0.1, 0.15) is 31.1 Å². The molecule has 1 rings (SSSR count). The molecule has 1 aromatic rings. The van der Waals surface area contributed by atoms with E-state index in [1.807, 2.05) is 0 Å². The first-order valence-corrected chi connectivity index (χ1v) is 9.22. The predicted molar refractivity (Wildman–Crippen MR) is 90.1 cm³/mol. The smallest absolute Gasteiger partial charge is 0.341 e. The van der Waals surface area contributed by atoms with Gasteiger partial charge in [-0.05, 0) is 25.1 Å². The zero-order chi connectivity index (χ0) is 19.4. The highest BCUT2D eigenvalue weighted by atomic mass is 32.2. The third kappa shape index (κ3) is 4.76. The van der Waals surface area contributed by atoms with Gasteiger partial charge in [-0.2, -0.15) is 4.31 Å². The maximum Gasteiger partial charge on any atom is 0.341 e. The van der Waals surface area contributed by atoms with Crippen LogP contribution in [0.25, 0.3) is 0 Å². The van der Waals surface area contributed by atoms with Gasteiger partial charge in [0.05, 0.1) is 10.5 Å². The van der Waals surface area contributed by atoms with Crippen LogP contribution in [-0.4, -0.2) is 62.8 Å². The van der Waals surface area contributed by atoms with E-state index in [0.29, 0.717) is 0 Å². The van der Waals surface area contributed by atoms with Gasteiger partial charge < -0.3 is 9.64 Å². The molecule has 0 N–H and O–H groups in total. The summed E-state index contributed by atoms with van der Waals surface area (Å²) in [7, 11) is -0.867. The lowest BCUT2D eigenvalue weighted by Crippen LogP contribution is -2.35. The van der Waals surface area contributed by atoms with Crippen LogP contribution in [0.4, 0.5) is 4.39 Å². The fourth-order valence-electron chi connectivity index (χ4n) is 2.17. The molecular weight excluding hydrogens is 351 g/mol. The van der Waals surface area contributed by atoms with E-state index in [4.69, 9.17) is 4.74 Å². The Bertz CT molecular complexity index is 745. The summed E-state index contributed by atoms with van der Waals surface area (Å²) < 4.78 is 45.1. The molecule has 0 aliphatic carbocycles. The quantitative estimate of drug-likeness (QED) is 0.675. The molecule has 0 aromatic heterocycles. The Morgan fingerprint density at radius 2 is 1.76 bits per heavy atom. The molecule has 0 fully saturated rings. The SMILES string of the molecule is CCN(CC)S(=O)(=O)c1ccc(F)c(C(=O)O[C@H](C)C(=O)N(C)C)c1. The molecule has 7 nitrogen and oxygen atoms in total. The van der Waals surface area contributed by atoms with Gasteiger partial charge in [0.25, 0.3) is 5.91 Å². The second kappa shape index (κ2) is 8.39. The number of ether oxygens (including phenoxy) is 1. The lowest BCUT2D eigenvalue weighted by atomic mass is 10.2. The molecule has 1 atom stereocenters. The van der Waals surface area contributed by atoms with Gasteiger partial charge in [0.2, 0.25) is 10.0 Å². The fraction of sp³-hybridized carbons (Fsp3) is 0.500. The highest BCUT2D eigenvalue weighted by Crippen LogP contribution is 2.20. The number of likely N-dealkylation sites (N-methyl/N-ethyl adjacent to an activating group) is 1. The highest BCUT2D eigenvalue weighted by molar-refractivity contribution is 7.89. The van der Waals surface area contributed by atoms with Crippen molar-refractivity contribution in [3.8, 4) is 0 Å². The Morgan fingerprint density at radius 3 is 2.24 bits per heavy atom. The van der Waals surface area contributed by atoms with E-state index in [-0.39, 0.29) is 18.0 Å². The number of nitrogens with zero attached hydrogens (tertiary/aromatic N) is 2. The molecule has 25 heavy (non-hydrogen) atoms. The van der Waals surface area contributed by atoms with Crippen molar-refractivity contribution < 1.29 is 27.1 Å². The molecule has 9 heteroatoms. The molecule has 0 radical (unpaired) electrons. The first kappa shape index (κ1) is 21.0. The minimum atomic E-state index is -3.85. The van der Waals surface area contributed by atoms with Crippen molar-refractivity contribution in [2.45, 2.75) is 31.8 Å². The van der Waals surface area contributed by atoms with Crippen LogP contribution in [0.2, 0.25) is 0 Å². The van der Waals surface area contributed by atoms with Crippen LogP contribution in [0.5, 0.6) is 0 Å². The number of hydrogen-bond donors (Lipinski definition) is 0. The number of esters is 1. The first-order valence-electron chi connectivity index (χ1n) is 7.78. The summed E-state index contributed by atoms with van der Waals surface area (Å²) >= 11 is 0. The zero-order valence-electron chi connectivity index (χ0n) is 14.9. The van der Waals surface area contributed by atoms with Gasteiger partial charge in [0, 0.05) is 27.2 Å². The van der Waals surface area contributed by atoms with E-state index in [2.05, 4.69) is 0 Å². The van der Waals surface area contributed by atoms with E-state index < -0.39 is 39.4 Å². The fourth-order valence-corrected chi connectivity index (χ4v) is 3.66. The maximum atomic E-state index is 14.0. The van der Waals surface area contributed by atoms with E-state index in [1.165, 1.54) is 30.2 Å². The normalized spacial score (nSPS) is 12.8. The van der Waals surface area contributed by atoms with Crippen LogP contribution in [-0.2, 0) is 19.6 Å². The maximum absolute atomic E-state index is 14.0. The van der Waals surface area contributed by atoms with Crippen molar-refractivity contribution in [3.05, 3.63) is 29.6 Å². The summed E-state index contributed by atoms with van der Waals surface area (Å²) in [6.45, 7) is 5.19. The Kier molecular flexibility index (Phi) is 7.06. The van der Waals surface area contributed by atoms with Gasteiger partial charge in [0.1, 0.15) is 5.82 Å². The summed E-state index contributed by atoms with van der Waals surface area (Å²) in [6.07, 6.45) is -1.12. The number of carbonyl (C=O) groups excluding carboxylic acids is 2. The number of hydrogen-bond acceptors (Lipinski definition) is 5. The van der Waals surface area contributed by atoms with Crippen LogP contribution < -0.4 is 0 Å². The molecule has 1 amide bonds. The molecule has 0 saturated heterocycles. The summed E-state index contributed by atoms with van der Waals surface area (Å²) in [6, 6.07) is 2.91. The Morgan fingerprint density at radius 1 is 1.20 bits per heavy atom. The average Bonchev–Trinajstić information content (AvgIpc) is 2.54. The molecule has 140 valence electrons. The third-order valence-electron chi connectivity index (χ3n) is 3.57. The first-order chi connectivity index (χ1) is 11.6. The molecule has 1 aromatic carbocycles. The standard InChI is InChI=1S/C16H23FN2O5S/c1-6-19(7-2)25(22,23)12-8-9-14(17)13(10-12)16(21)24-11(3)15(20)18(4)5/h8-11H,6-7H2,1-5H3/t11-/m1/s1. The van der Waals surface area contributed by atoms with Gasteiger partial charge in [-0.25, -0.2) is 17.6 Å². The van der Waals surface area contributed by atoms with Gasteiger partial charge >= 0.3 is 5.97 Å². The van der Waals surface area contributed by atoms with Crippen molar-refractivity contribution in [1.82, 2.24) is 9.21 Å². The summed E-state index contributed by atoms with van der Waals surface area (Å²) in [4.78, 5) is 24.9. The average molecular weight is 374 g/mol. The monoisotopic (exact) mass is 374 g/mol. The molecule has 0 aliphatic heterocycles. The summed E-state index contributed by atoms with van der Waals surface area (Å²) in [5, 5.41) is 0. The second-order valence-electron chi connectivity index (χ2n) is 5.51. The van der Waals surface area contributed by atoms with Gasteiger partial charge in [-0.1, -0.05) is 13.8 Å². The van der Waals surface area contributed by atoms with Crippen LogP contribution in [0, 0.1) is 5.82 Å². The van der Waals surface area contributed by atoms with E-state index >= 15 is 0 Å². The largest absolute Gasteiger partial charge is 0.449 e. The van der Waals surface area contributed by atoms with E-state index in [1.54, 1.807) is 13.8 Å². The van der Waals surface area contributed by atoms with Crippen molar-refractivity contribution in [3.63, 3.8) is 0 Å². The lowest BCUT2D eigenvalue weighted by molar-refractivity contribution is -0.137. The predicted octanol–water partition coefficient (Wildman–Crippen LogP) is 1.49. The number of sulfonamides is 1. The number of carbonyl (C=O) groups is 2. The van der Waals surface area contributed by atoms with Gasteiger partial charge in [-0.15, -0.1) is 0 Å². The van der Waals surface area contributed by atoms with Crippen LogP contribution >= 0.6 is 0 Å². The van der Waals surface area contributed by atoms with Crippen LogP contribution in [0.15, 0.2) is 23.1 Å². The summed E-state index contributed by atoms with van der Waals surface area (Å²) in [5.41, 5.74) is -0.536. The molecule has 0 heterocycles. The molecule has 0 saturated carbocycles. The van der Waals surface area contributed by atoms with Gasteiger partial charge in [-0.3, -0.25) is 4.79 Å². The van der Waals surface area contributed by atoms with Crippen molar-refractivity contribution in [2.24, 2.45) is 0 Å². The Hall–Kier alpha value is -2.00. The van der Waals surface area contributed by atoms with Crippen molar-refractivity contribution in [1.29, 1.82) is 0 Å². The number of halogens is 1. The summed E-state index contributed by atoms with van der Waals surface area (Å²) in [5.74, 6) is -2.49. The minimum absolute atomic E-state index is 0.212. The van der Waals surface area contributed by atoms with E-state index in [9.17, 15) is 22.4 Å².